The monoisotopic (exact) mass is 440 g/mol. The number of amides is 1. The molecule has 0 unspecified atom stereocenters. The van der Waals surface area contributed by atoms with Crippen molar-refractivity contribution in [1.82, 2.24) is 19.7 Å². The van der Waals surface area contributed by atoms with Crippen molar-refractivity contribution >= 4 is 23.5 Å². The minimum atomic E-state index is -5.08. The van der Waals surface area contributed by atoms with E-state index in [0.717, 1.165) is 5.01 Å². The molecule has 158 valence electrons. The van der Waals surface area contributed by atoms with Crippen molar-refractivity contribution in [2.45, 2.75) is 37.7 Å². The molecule has 0 aromatic carbocycles. The van der Waals surface area contributed by atoms with Crippen LogP contribution in [0.3, 0.4) is 0 Å². The lowest BCUT2D eigenvalue weighted by Crippen LogP contribution is -2.40. The Morgan fingerprint density at radius 1 is 1.17 bits per heavy atom. The topological polar surface area (TPSA) is 68.1 Å². The summed E-state index contributed by atoms with van der Waals surface area (Å²) in [4.78, 5) is 28.5. The van der Waals surface area contributed by atoms with E-state index in [9.17, 15) is 35.9 Å². The molecular formula is C16H14F6N4O2S. The summed E-state index contributed by atoms with van der Waals surface area (Å²) < 4.78 is 77.3. The predicted octanol–water partition coefficient (Wildman–Crippen LogP) is 3.60. The van der Waals surface area contributed by atoms with Crippen LogP contribution in [0.25, 0.3) is 0 Å². The summed E-state index contributed by atoms with van der Waals surface area (Å²) in [5.74, 6) is -0.747. The average Bonchev–Trinajstić information content (AvgIpc) is 3.28. The molecule has 1 aliphatic rings. The molecule has 6 nitrogen and oxygen atoms in total. The lowest BCUT2D eigenvalue weighted by molar-refractivity contribution is -0.146. The first-order valence-corrected chi connectivity index (χ1v) is 9.27. The highest BCUT2D eigenvalue weighted by atomic mass is 32.1. The number of piperidine rings is 1. The van der Waals surface area contributed by atoms with Crippen LogP contribution in [-0.4, -0.2) is 44.9 Å². The maximum Gasteiger partial charge on any atom is 0.435 e. The van der Waals surface area contributed by atoms with Crippen molar-refractivity contribution in [3.05, 3.63) is 33.5 Å². The molecule has 3 heterocycles. The Kier molecular flexibility index (Phi) is 5.70. The van der Waals surface area contributed by atoms with Gasteiger partial charge in [-0.3, -0.25) is 14.3 Å². The molecule has 0 saturated carbocycles. The van der Waals surface area contributed by atoms with E-state index in [4.69, 9.17) is 0 Å². The number of alkyl halides is 6. The molecule has 29 heavy (non-hydrogen) atoms. The predicted molar refractivity (Wildman–Crippen MR) is 88.3 cm³/mol. The number of aldehydes is 1. The zero-order valence-corrected chi connectivity index (χ0v) is 15.4. The summed E-state index contributed by atoms with van der Waals surface area (Å²) in [5, 5.41) is 5.28. The number of hydrogen-bond donors (Lipinski definition) is 0. The van der Waals surface area contributed by atoms with Gasteiger partial charge in [0.2, 0.25) is 5.91 Å². The molecule has 0 spiro atoms. The van der Waals surface area contributed by atoms with E-state index in [2.05, 4.69) is 10.1 Å². The van der Waals surface area contributed by atoms with Crippen molar-refractivity contribution in [3.8, 4) is 0 Å². The largest absolute Gasteiger partial charge is 0.435 e. The van der Waals surface area contributed by atoms with E-state index in [1.807, 2.05) is 0 Å². The number of carbonyl (C=O) groups excluding carboxylic acids is 2. The Hall–Kier alpha value is -2.44. The summed E-state index contributed by atoms with van der Waals surface area (Å²) in [5.41, 5.74) is -3.02. The molecule has 13 heteroatoms. The number of hydrogen-bond acceptors (Lipinski definition) is 5. The summed E-state index contributed by atoms with van der Waals surface area (Å²) in [7, 11) is 0. The van der Waals surface area contributed by atoms with Gasteiger partial charge in [-0.2, -0.15) is 31.4 Å². The second-order valence-electron chi connectivity index (χ2n) is 6.45. The number of aromatic nitrogens is 3. The van der Waals surface area contributed by atoms with Crippen LogP contribution in [0.4, 0.5) is 26.3 Å². The van der Waals surface area contributed by atoms with E-state index in [1.54, 1.807) is 5.38 Å². The molecule has 0 N–H and O–H groups in total. The van der Waals surface area contributed by atoms with E-state index in [0.29, 0.717) is 24.8 Å². The Morgan fingerprint density at radius 2 is 1.83 bits per heavy atom. The van der Waals surface area contributed by atoms with Gasteiger partial charge < -0.3 is 4.90 Å². The normalized spacial score (nSPS) is 16.3. The van der Waals surface area contributed by atoms with Gasteiger partial charge in [-0.05, 0) is 12.8 Å². The van der Waals surface area contributed by atoms with Crippen LogP contribution < -0.4 is 0 Å². The fourth-order valence-electron chi connectivity index (χ4n) is 3.05. The molecule has 1 aliphatic heterocycles. The molecule has 0 bridgehead atoms. The maximum absolute atomic E-state index is 13.0. The van der Waals surface area contributed by atoms with Gasteiger partial charge in [-0.25, -0.2) is 4.98 Å². The zero-order chi connectivity index (χ0) is 21.4. The molecule has 1 saturated heterocycles. The van der Waals surface area contributed by atoms with Crippen molar-refractivity contribution in [3.63, 3.8) is 0 Å². The first kappa shape index (κ1) is 21.3. The minimum absolute atomic E-state index is 0.00465. The molecule has 1 amide bonds. The van der Waals surface area contributed by atoms with Gasteiger partial charge in [-0.15, -0.1) is 11.3 Å². The highest BCUT2D eigenvalue weighted by molar-refractivity contribution is 7.09. The Morgan fingerprint density at radius 3 is 2.34 bits per heavy atom. The quantitative estimate of drug-likeness (QED) is 0.538. The number of thiazole rings is 1. The lowest BCUT2D eigenvalue weighted by atomic mass is 9.97. The Balaban J connectivity index is 1.68. The molecule has 0 atom stereocenters. The van der Waals surface area contributed by atoms with Gasteiger partial charge in [0.15, 0.2) is 12.0 Å². The molecule has 2 aromatic heterocycles. The molecule has 2 aromatic rings. The van der Waals surface area contributed by atoms with Gasteiger partial charge in [0.05, 0.1) is 5.01 Å². The smallest absolute Gasteiger partial charge is 0.341 e. The van der Waals surface area contributed by atoms with Crippen molar-refractivity contribution in [2.24, 2.45) is 0 Å². The Bertz CT molecular complexity index is 896. The van der Waals surface area contributed by atoms with Crippen LogP contribution in [0, 0.1) is 0 Å². The third kappa shape index (κ3) is 4.77. The summed E-state index contributed by atoms with van der Waals surface area (Å²) in [6.45, 7) is -0.509. The number of likely N-dealkylation sites (tertiary alicyclic amines) is 1. The van der Waals surface area contributed by atoms with Gasteiger partial charge in [-0.1, -0.05) is 0 Å². The van der Waals surface area contributed by atoms with Gasteiger partial charge in [0, 0.05) is 30.5 Å². The standard InChI is InChI=1S/C16H14F6N4O2S/c17-15(18,19)11-5-12(16(20,21)22)26(24-11)6-13(28)25-3-1-9(2-4-25)14-23-10(7-27)8-29-14/h5,7-9H,1-4,6H2. The van der Waals surface area contributed by atoms with E-state index < -0.39 is 36.2 Å². The van der Waals surface area contributed by atoms with Crippen LogP contribution in [0.1, 0.15) is 45.6 Å². The summed E-state index contributed by atoms with van der Waals surface area (Å²) in [6, 6.07) is -0.105. The summed E-state index contributed by atoms with van der Waals surface area (Å²) >= 11 is 1.31. The molecular weight excluding hydrogens is 426 g/mol. The fourth-order valence-corrected chi connectivity index (χ4v) is 3.99. The molecule has 0 aliphatic carbocycles. The third-order valence-corrected chi connectivity index (χ3v) is 5.53. The van der Waals surface area contributed by atoms with Crippen LogP contribution in [-0.2, 0) is 23.7 Å². The molecule has 0 radical (unpaired) electrons. The van der Waals surface area contributed by atoms with Gasteiger partial charge >= 0.3 is 12.4 Å². The van der Waals surface area contributed by atoms with Gasteiger partial charge in [0.25, 0.3) is 0 Å². The minimum Gasteiger partial charge on any atom is -0.341 e. The number of rotatable bonds is 4. The van der Waals surface area contributed by atoms with E-state index >= 15 is 0 Å². The molecule has 1 fully saturated rings. The maximum atomic E-state index is 13.0. The Labute approximate surface area is 164 Å². The van der Waals surface area contributed by atoms with Crippen LogP contribution >= 0.6 is 11.3 Å². The second kappa shape index (κ2) is 7.76. The molecule has 3 rings (SSSR count). The zero-order valence-electron chi connectivity index (χ0n) is 14.6. The third-order valence-electron chi connectivity index (χ3n) is 4.50. The first-order chi connectivity index (χ1) is 13.5. The highest BCUT2D eigenvalue weighted by Gasteiger charge is 2.42. The van der Waals surface area contributed by atoms with Crippen LogP contribution in [0.5, 0.6) is 0 Å². The number of halogens is 6. The van der Waals surface area contributed by atoms with Crippen molar-refractivity contribution in [1.29, 1.82) is 0 Å². The van der Waals surface area contributed by atoms with Crippen LogP contribution in [0.2, 0.25) is 0 Å². The fraction of sp³-hybridized carbons (Fsp3) is 0.500. The van der Waals surface area contributed by atoms with Crippen molar-refractivity contribution < 1.29 is 35.9 Å². The van der Waals surface area contributed by atoms with Gasteiger partial charge in [0.1, 0.15) is 17.9 Å². The second-order valence-corrected chi connectivity index (χ2v) is 7.34. The van der Waals surface area contributed by atoms with Crippen molar-refractivity contribution in [2.75, 3.05) is 13.1 Å². The number of nitrogens with zero attached hydrogens (tertiary/aromatic N) is 4. The van der Waals surface area contributed by atoms with E-state index in [1.165, 1.54) is 16.2 Å². The van der Waals surface area contributed by atoms with E-state index in [-0.39, 0.29) is 29.8 Å². The first-order valence-electron chi connectivity index (χ1n) is 8.39. The highest BCUT2D eigenvalue weighted by Crippen LogP contribution is 2.35. The summed E-state index contributed by atoms with van der Waals surface area (Å²) in [6.07, 6.45) is -8.55. The lowest BCUT2D eigenvalue weighted by Gasteiger charge is -2.31. The number of carbonyl (C=O) groups is 2. The van der Waals surface area contributed by atoms with Crippen LogP contribution in [0.15, 0.2) is 11.4 Å². The average molecular weight is 440 g/mol. The SMILES string of the molecule is O=Cc1csc(C2CCN(C(=O)Cn3nc(C(F)(F)F)cc3C(F)(F)F)CC2)n1.